The fraction of sp³-hybridized carbons (Fsp3) is 0.769. The molecule has 1 saturated heterocycles. The Hall–Kier alpha value is -0.350. The molecule has 1 aromatic heterocycles. The van der Waals surface area contributed by atoms with E-state index < -0.39 is 0 Å². The molecule has 94 valence electrons. The second-order valence-corrected chi connectivity index (χ2v) is 6.53. The fourth-order valence-electron chi connectivity index (χ4n) is 3.20. The maximum absolute atomic E-state index is 4.32. The zero-order chi connectivity index (χ0) is 11.7. The number of halogens is 1. The van der Waals surface area contributed by atoms with Crippen molar-refractivity contribution in [2.75, 3.05) is 19.6 Å². The van der Waals surface area contributed by atoms with Gasteiger partial charge in [0.25, 0.3) is 0 Å². The predicted molar refractivity (Wildman–Crippen MR) is 71.8 cm³/mol. The molecule has 4 heteroatoms. The lowest BCUT2D eigenvalue weighted by molar-refractivity contribution is 0.0692. The molecule has 1 saturated carbocycles. The molecule has 3 nitrogen and oxygen atoms in total. The summed E-state index contributed by atoms with van der Waals surface area (Å²) in [5, 5.41) is 4.32. The van der Waals surface area contributed by atoms with E-state index in [2.05, 4.69) is 36.8 Å². The molecule has 2 aliphatic rings. The zero-order valence-electron chi connectivity index (χ0n) is 10.2. The lowest BCUT2D eigenvalue weighted by Gasteiger charge is -2.40. The lowest BCUT2D eigenvalue weighted by Crippen LogP contribution is -2.49. The Balaban J connectivity index is 1.39. The van der Waals surface area contributed by atoms with Crippen LogP contribution in [0.3, 0.4) is 0 Å². The van der Waals surface area contributed by atoms with Gasteiger partial charge in [-0.15, -0.1) is 0 Å². The monoisotopic (exact) mass is 297 g/mol. The molecule has 1 aromatic rings. The third-order valence-electron chi connectivity index (χ3n) is 4.07. The van der Waals surface area contributed by atoms with Crippen LogP contribution in [0.4, 0.5) is 0 Å². The molecule has 0 spiro atoms. The summed E-state index contributed by atoms with van der Waals surface area (Å²) in [7, 11) is 0. The summed E-state index contributed by atoms with van der Waals surface area (Å²) in [4.78, 5) is 2.62. The van der Waals surface area contributed by atoms with Crippen molar-refractivity contribution >= 4 is 15.9 Å². The average molecular weight is 298 g/mol. The molecular weight excluding hydrogens is 278 g/mol. The van der Waals surface area contributed by atoms with Crippen LogP contribution in [0.25, 0.3) is 0 Å². The van der Waals surface area contributed by atoms with E-state index in [1.54, 1.807) is 0 Å². The van der Waals surface area contributed by atoms with E-state index >= 15 is 0 Å². The van der Waals surface area contributed by atoms with Crippen molar-refractivity contribution in [2.24, 2.45) is 11.8 Å². The van der Waals surface area contributed by atoms with Gasteiger partial charge in [0.05, 0.1) is 10.7 Å². The third-order valence-corrected chi connectivity index (χ3v) is 4.48. The molecule has 0 aromatic carbocycles. The molecule has 2 heterocycles. The Kier molecular flexibility index (Phi) is 3.52. The molecule has 1 aliphatic carbocycles. The van der Waals surface area contributed by atoms with Crippen LogP contribution in [0, 0.1) is 11.8 Å². The van der Waals surface area contributed by atoms with Crippen LogP contribution in [0.1, 0.15) is 25.7 Å². The van der Waals surface area contributed by atoms with E-state index in [1.165, 1.54) is 45.3 Å². The minimum absolute atomic E-state index is 0.809. The first-order valence-electron chi connectivity index (χ1n) is 6.70. The van der Waals surface area contributed by atoms with E-state index in [0.717, 1.165) is 22.9 Å². The van der Waals surface area contributed by atoms with Crippen molar-refractivity contribution < 1.29 is 0 Å². The molecule has 2 fully saturated rings. The summed E-state index contributed by atoms with van der Waals surface area (Å²) in [6, 6.07) is 0. The second-order valence-electron chi connectivity index (χ2n) is 5.62. The van der Waals surface area contributed by atoms with E-state index in [0.29, 0.717) is 0 Å². The Morgan fingerprint density at radius 3 is 2.59 bits per heavy atom. The summed E-state index contributed by atoms with van der Waals surface area (Å²) in [6.45, 7) is 4.97. The molecule has 0 amide bonds. The van der Waals surface area contributed by atoms with Gasteiger partial charge in [0.2, 0.25) is 0 Å². The van der Waals surface area contributed by atoms with Crippen LogP contribution in [0.2, 0.25) is 0 Å². The maximum atomic E-state index is 4.32. The highest BCUT2D eigenvalue weighted by atomic mass is 79.9. The number of likely N-dealkylation sites (tertiary alicyclic amines) is 1. The first-order chi connectivity index (χ1) is 8.29. The van der Waals surface area contributed by atoms with Crippen LogP contribution in [0.5, 0.6) is 0 Å². The minimum Gasteiger partial charge on any atom is -0.302 e. The summed E-state index contributed by atoms with van der Waals surface area (Å²) < 4.78 is 3.14. The smallest absolute Gasteiger partial charge is 0.0632 e. The van der Waals surface area contributed by atoms with Gasteiger partial charge in [0, 0.05) is 38.3 Å². The minimum atomic E-state index is 0.809. The summed E-state index contributed by atoms with van der Waals surface area (Å²) in [6.07, 6.45) is 9.79. The van der Waals surface area contributed by atoms with Gasteiger partial charge in [-0.1, -0.05) is 12.8 Å². The number of aromatic nitrogens is 2. The lowest BCUT2D eigenvalue weighted by atomic mass is 9.97. The fourth-order valence-corrected chi connectivity index (χ4v) is 3.53. The average Bonchev–Trinajstić information content (AvgIpc) is 2.87. The van der Waals surface area contributed by atoms with Crippen molar-refractivity contribution in [2.45, 2.75) is 32.2 Å². The topological polar surface area (TPSA) is 21.1 Å². The van der Waals surface area contributed by atoms with Crippen molar-refractivity contribution in [3.05, 3.63) is 16.9 Å². The quantitative estimate of drug-likeness (QED) is 0.852. The number of rotatable bonds is 4. The number of hydrogen-bond donors (Lipinski definition) is 0. The highest BCUT2D eigenvalue weighted by Crippen LogP contribution is 2.28. The van der Waals surface area contributed by atoms with Gasteiger partial charge in [0.1, 0.15) is 0 Å². The van der Waals surface area contributed by atoms with E-state index in [-0.39, 0.29) is 0 Å². The molecule has 0 radical (unpaired) electrons. The van der Waals surface area contributed by atoms with Gasteiger partial charge in [-0.05, 0) is 34.7 Å². The summed E-state index contributed by atoms with van der Waals surface area (Å²) in [5.41, 5.74) is 0. The first-order valence-corrected chi connectivity index (χ1v) is 7.49. The predicted octanol–water partition coefficient (Wildman–Crippen LogP) is 2.77. The van der Waals surface area contributed by atoms with Gasteiger partial charge in [-0.3, -0.25) is 4.68 Å². The standard InChI is InChI=1S/C13H20BrN3/c14-13-5-15-17(10-13)9-12-7-16(8-12)6-11-3-1-2-4-11/h5,10-12H,1-4,6-9H2. The molecule has 0 N–H and O–H groups in total. The zero-order valence-corrected chi connectivity index (χ0v) is 11.8. The van der Waals surface area contributed by atoms with Crippen molar-refractivity contribution in [1.82, 2.24) is 14.7 Å². The first kappa shape index (κ1) is 11.7. The van der Waals surface area contributed by atoms with Gasteiger partial charge in [-0.25, -0.2) is 0 Å². The van der Waals surface area contributed by atoms with Crippen molar-refractivity contribution in [1.29, 1.82) is 0 Å². The normalized spacial score (nSPS) is 23.1. The van der Waals surface area contributed by atoms with Gasteiger partial charge < -0.3 is 4.90 Å². The van der Waals surface area contributed by atoms with Crippen molar-refractivity contribution in [3.8, 4) is 0 Å². The van der Waals surface area contributed by atoms with E-state index in [9.17, 15) is 0 Å². The largest absolute Gasteiger partial charge is 0.302 e. The van der Waals surface area contributed by atoms with Crippen LogP contribution in [0.15, 0.2) is 16.9 Å². The Morgan fingerprint density at radius 2 is 1.94 bits per heavy atom. The summed E-state index contributed by atoms with van der Waals surface area (Å²) >= 11 is 3.44. The summed E-state index contributed by atoms with van der Waals surface area (Å²) in [5.74, 6) is 1.80. The van der Waals surface area contributed by atoms with Gasteiger partial charge >= 0.3 is 0 Å². The molecule has 17 heavy (non-hydrogen) atoms. The maximum Gasteiger partial charge on any atom is 0.0632 e. The van der Waals surface area contributed by atoms with E-state index in [1.807, 2.05) is 6.20 Å². The van der Waals surface area contributed by atoms with Crippen molar-refractivity contribution in [3.63, 3.8) is 0 Å². The molecule has 3 rings (SSSR count). The SMILES string of the molecule is Brc1cnn(CC2CN(CC3CCCC3)C2)c1. The van der Waals surface area contributed by atoms with Gasteiger partial charge in [0.15, 0.2) is 0 Å². The molecule has 0 bridgehead atoms. The second kappa shape index (κ2) is 5.11. The van der Waals surface area contributed by atoms with Gasteiger partial charge in [-0.2, -0.15) is 5.10 Å². The van der Waals surface area contributed by atoms with E-state index in [4.69, 9.17) is 0 Å². The Morgan fingerprint density at radius 1 is 1.18 bits per heavy atom. The molecule has 0 unspecified atom stereocenters. The highest BCUT2D eigenvalue weighted by Gasteiger charge is 2.29. The molecule has 1 aliphatic heterocycles. The number of nitrogens with zero attached hydrogens (tertiary/aromatic N) is 3. The highest BCUT2D eigenvalue weighted by molar-refractivity contribution is 9.10. The van der Waals surface area contributed by atoms with Crippen LogP contribution in [-0.4, -0.2) is 34.3 Å². The Bertz CT molecular complexity index is 364. The number of hydrogen-bond acceptors (Lipinski definition) is 2. The molecule has 0 atom stereocenters. The Labute approximate surface area is 111 Å². The van der Waals surface area contributed by atoms with Crippen LogP contribution in [-0.2, 0) is 6.54 Å². The molecular formula is C13H20BrN3. The third kappa shape index (κ3) is 2.91. The van der Waals surface area contributed by atoms with Crippen LogP contribution < -0.4 is 0 Å². The van der Waals surface area contributed by atoms with Crippen LogP contribution >= 0.6 is 15.9 Å².